The summed E-state index contributed by atoms with van der Waals surface area (Å²) in [6.07, 6.45) is -4.58. The fourth-order valence-corrected chi connectivity index (χ4v) is 1.22. The Morgan fingerprint density at radius 3 is 2.57 bits per heavy atom. The molecule has 14 heavy (non-hydrogen) atoms. The van der Waals surface area contributed by atoms with E-state index in [0.717, 1.165) is 0 Å². The van der Waals surface area contributed by atoms with Crippen molar-refractivity contribution in [2.45, 2.75) is 6.18 Å². The van der Waals surface area contributed by atoms with Crippen LogP contribution >= 0.6 is 15.9 Å². The summed E-state index contributed by atoms with van der Waals surface area (Å²) in [4.78, 5) is 6.93. The molecule has 0 aliphatic rings. The van der Waals surface area contributed by atoms with E-state index < -0.39 is 12.1 Å². The van der Waals surface area contributed by atoms with E-state index in [1.807, 2.05) is 0 Å². The van der Waals surface area contributed by atoms with Crippen LogP contribution in [0.15, 0.2) is 21.2 Å². The Labute approximate surface area is 84.1 Å². The molecule has 0 spiro atoms. The zero-order chi connectivity index (χ0) is 10.3. The third-order valence-corrected chi connectivity index (χ3v) is 1.90. The van der Waals surface area contributed by atoms with Crippen LogP contribution in [0.3, 0.4) is 0 Å². The highest BCUT2D eigenvalue weighted by molar-refractivity contribution is 9.10. The standard InChI is InChI=1S/C7H2BrF3N2O/c8-4-2-1-3-5(12-4)13-6(14-3)7(9,10)11/h1-2H. The van der Waals surface area contributed by atoms with Gasteiger partial charge in [0.25, 0.3) is 0 Å². The number of rotatable bonds is 0. The van der Waals surface area contributed by atoms with Crippen molar-refractivity contribution in [3.05, 3.63) is 22.6 Å². The average Bonchev–Trinajstić information content (AvgIpc) is 2.45. The Bertz CT molecular complexity index is 479. The van der Waals surface area contributed by atoms with Gasteiger partial charge in [-0.1, -0.05) is 0 Å². The second-order valence-electron chi connectivity index (χ2n) is 2.47. The van der Waals surface area contributed by atoms with E-state index in [9.17, 15) is 13.2 Å². The Balaban J connectivity index is 2.63. The van der Waals surface area contributed by atoms with Gasteiger partial charge >= 0.3 is 12.1 Å². The first-order valence-corrected chi connectivity index (χ1v) is 4.26. The molecule has 2 heterocycles. The number of fused-ring (bicyclic) bond motifs is 1. The lowest BCUT2D eigenvalue weighted by atomic mass is 10.5. The predicted octanol–water partition coefficient (Wildman–Crippen LogP) is 3.00. The number of oxazole rings is 1. The normalized spacial score (nSPS) is 12.3. The number of pyridine rings is 1. The molecule has 0 radical (unpaired) electrons. The molecule has 0 atom stereocenters. The van der Waals surface area contributed by atoms with Gasteiger partial charge in [-0.2, -0.15) is 18.2 Å². The molecule has 0 saturated heterocycles. The van der Waals surface area contributed by atoms with Crippen LogP contribution in [-0.4, -0.2) is 9.97 Å². The Kier molecular flexibility index (Phi) is 1.99. The summed E-state index contributed by atoms with van der Waals surface area (Å²) in [7, 11) is 0. The van der Waals surface area contributed by atoms with E-state index >= 15 is 0 Å². The smallest absolute Gasteiger partial charge is 0.431 e. The van der Waals surface area contributed by atoms with Gasteiger partial charge in [-0.05, 0) is 28.1 Å². The number of alkyl halides is 3. The van der Waals surface area contributed by atoms with Crippen LogP contribution in [0.4, 0.5) is 13.2 Å². The molecule has 0 aliphatic carbocycles. The van der Waals surface area contributed by atoms with Gasteiger partial charge in [0.1, 0.15) is 4.60 Å². The maximum Gasteiger partial charge on any atom is 0.469 e. The van der Waals surface area contributed by atoms with E-state index in [1.165, 1.54) is 12.1 Å². The SMILES string of the molecule is FC(F)(F)c1nc2nc(Br)ccc2o1. The molecule has 0 saturated carbocycles. The first-order chi connectivity index (χ1) is 6.47. The molecule has 2 rings (SSSR count). The number of nitrogens with zero attached hydrogens (tertiary/aromatic N) is 2. The molecule has 2 aromatic rings. The highest BCUT2D eigenvalue weighted by Gasteiger charge is 2.37. The van der Waals surface area contributed by atoms with Crippen molar-refractivity contribution in [2.24, 2.45) is 0 Å². The molecule has 3 nitrogen and oxygen atoms in total. The Morgan fingerprint density at radius 1 is 1.21 bits per heavy atom. The van der Waals surface area contributed by atoms with Crippen molar-refractivity contribution < 1.29 is 17.6 Å². The van der Waals surface area contributed by atoms with Crippen molar-refractivity contribution in [3.8, 4) is 0 Å². The lowest BCUT2D eigenvalue weighted by Gasteiger charge is -1.96. The summed E-state index contributed by atoms with van der Waals surface area (Å²) in [5, 5.41) is 0. The molecule has 0 bridgehead atoms. The van der Waals surface area contributed by atoms with E-state index in [2.05, 4.69) is 30.3 Å². The minimum Gasteiger partial charge on any atom is -0.431 e. The summed E-state index contributed by atoms with van der Waals surface area (Å²) in [5.74, 6) is -1.28. The summed E-state index contributed by atoms with van der Waals surface area (Å²) in [5.41, 5.74) is -0.0489. The largest absolute Gasteiger partial charge is 0.469 e. The van der Waals surface area contributed by atoms with Crippen LogP contribution in [0, 0.1) is 0 Å². The van der Waals surface area contributed by atoms with E-state index in [1.54, 1.807) is 0 Å². The van der Waals surface area contributed by atoms with Crippen LogP contribution in [0.2, 0.25) is 0 Å². The average molecular weight is 267 g/mol. The van der Waals surface area contributed by atoms with Crippen molar-refractivity contribution in [1.29, 1.82) is 0 Å². The predicted molar refractivity (Wildman–Crippen MR) is 44.5 cm³/mol. The van der Waals surface area contributed by atoms with Gasteiger partial charge in [0.2, 0.25) is 0 Å². The van der Waals surface area contributed by atoms with Gasteiger partial charge in [0.15, 0.2) is 11.2 Å². The van der Waals surface area contributed by atoms with Crippen molar-refractivity contribution >= 4 is 27.2 Å². The first-order valence-electron chi connectivity index (χ1n) is 3.47. The van der Waals surface area contributed by atoms with Gasteiger partial charge in [-0.15, -0.1) is 0 Å². The van der Waals surface area contributed by atoms with Crippen LogP contribution in [0.5, 0.6) is 0 Å². The number of hydrogen-bond acceptors (Lipinski definition) is 3. The van der Waals surface area contributed by atoms with Crippen LogP contribution < -0.4 is 0 Å². The minimum atomic E-state index is -4.58. The number of halogens is 4. The van der Waals surface area contributed by atoms with Gasteiger partial charge in [0.05, 0.1) is 0 Å². The molecule has 0 unspecified atom stereocenters. The number of aromatic nitrogens is 2. The summed E-state index contributed by atoms with van der Waals surface area (Å²) >= 11 is 3.02. The molecule has 0 amide bonds. The molecule has 2 aromatic heterocycles. The fraction of sp³-hybridized carbons (Fsp3) is 0.143. The molecular formula is C7H2BrF3N2O. The summed E-state index contributed by atoms with van der Waals surface area (Å²) in [6, 6.07) is 2.85. The van der Waals surface area contributed by atoms with Gasteiger partial charge in [0, 0.05) is 0 Å². The van der Waals surface area contributed by atoms with E-state index in [4.69, 9.17) is 0 Å². The number of hydrogen-bond donors (Lipinski definition) is 0. The van der Waals surface area contributed by atoms with Crippen LogP contribution in [0.25, 0.3) is 11.2 Å². The molecule has 0 N–H and O–H groups in total. The first kappa shape index (κ1) is 9.45. The minimum absolute atomic E-state index is 0.0144. The van der Waals surface area contributed by atoms with Gasteiger partial charge < -0.3 is 4.42 Å². The van der Waals surface area contributed by atoms with Crippen LogP contribution in [0.1, 0.15) is 5.89 Å². The van der Waals surface area contributed by atoms with E-state index in [-0.39, 0.29) is 11.2 Å². The van der Waals surface area contributed by atoms with Crippen LogP contribution in [-0.2, 0) is 6.18 Å². The molecule has 0 fully saturated rings. The van der Waals surface area contributed by atoms with Gasteiger partial charge in [-0.25, -0.2) is 4.98 Å². The third-order valence-electron chi connectivity index (χ3n) is 1.46. The monoisotopic (exact) mass is 266 g/mol. The Morgan fingerprint density at radius 2 is 1.93 bits per heavy atom. The summed E-state index contributed by atoms with van der Waals surface area (Å²) < 4.78 is 41.3. The van der Waals surface area contributed by atoms with Gasteiger partial charge in [-0.3, -0.25) is 0 Å². The zero-order valence-electron chi connectivity index (χ0n) is 6.47. The summed E-state index contributed by atoms with van der Waals surface area (Å²) in [6.45, 7) is 0. The lowest BCUT2D eigenvalue weighted by Crippen LogP contribution is -2.04. The zero-order valence-corrected chi connectivity index (χ0v) is 8.06. The fourth-order valence-electron chi connectivity index (χ4n) is 0.917. The molecular weight excluding hydrogens is 265 g/mol. The lowest BCUT2D eigenvalue weighted by molar-refractivity contribution is -0.156. The van der Waals surface area contributed by atoms with Crippen molar-refractivity contribution in [2.75, 3.05) is 0 Å². The highest BCUT2D eigenvalue weighted by Crippen LogP contribution is 2.30. The van der Waals surface area contributed by atoms with E-state index in [0.29, 0.717) is 4.60 Å². The maximum absolute atomic E-state index is 12.1. The topological polar surface area (TPSA) is 38.9 Å². The molecule has 7 heteroatoms. The second-order valence-corrected chi connectivity index (χ2v) is 3.28. The second kappa shape index (κ2) is 2.94. The van der Waals surface area contributed by atoms with Crippen molar-refractivity contribution in [3.63, 3.8) is 0 Å². The third kappa shape index (κ3) is 1.59. The maximum atomic E-state index is 12.1. The Hall–Kier alpha value is -1.11. The van der Waals surface area contributed by atoms with Crippen molar-refractivity contribution in [1.82, 2.24) is 9.97 Å². The molecule has 74 valence electrons. The molecule has 0 aromatic carbocycles. The quantitative estimate of drug-likeness (QED) is 0.688. The molecule has 0 aliphatic heterocycles. The highest BCUT2D eigenvalue weighted by atomic mass is 79.9.